The van der Waals surface area contributed by atoms with E-state index >= 15 is 0 Å². The van der Waals surface area contributed by atoms with Crippen LogP contribution in [0.2, 0.25) is 0 Å². The van der Waals surface area contributed by atoms with E-state index in [-0.39, 0.29) is 11.6 Å². The molecule has 0 fully saturated rings. The van der Waals surface area contributed by atoms with E-state index < -0.39 is 17.1 Å². The number of thioether (sulfide) groups is 1. The summed E-state index contributed by atoms with van der Waals surface area (Å²) >= 11 is 1.47. The molecule has 6 aromatic rings. The highest BCUT2D eigenvalue weighted by Crippen LogP contribution is 2.40. The number of fused-ring (bicyclic) bond motifs is 1. The molecule has 7 nitrogen and oxygen atoms in total. The standard InChI is InChI=1S/C42H33N3O4S/c46-40(32-17-8-3-9-18-32)44-36(28-34-22-25-38(49-34)30-13-4-1-5-14-30)41(47)43-33-20-23-35(24-21-33)50-39(31-15-6-2-7-16-31)42(48)45-27-26-29-12-10-11-19-37(29)45/h1-25,28,39H,26-27H2,(H,43,47)(H,44,46)/b36-28-/t39-/m1/s1. The Morgan fingerprint density at radius 1 is 0.720 bits per heavy atom. The van der Waals surface area contributed by atoms with Gasteiger partial charge < -0.3 is 20.0 Å². The van der Waals surface area contributed by atoms with E-state index in [9.17, 15) is 14.4 Å². The molecule has 3 amide bonds. The molecule has 0 saturated carbocycles. The lowest BCUT2D eigenvalue weighted by atomic mass is 10.1. The van der Waals surface area contributed by atoms with Crippen molar-refractivity contribution < 1.29 is 18.8 Å². The van der Waals surface area contributed by atoms with Gasteiger partial charge in [0.15, 0.2) is 0 Å². The molecule has 246 valence electrons. The zero-order chi connectivity index (χ0) is 34.3. The molecule has 2 heterocycles. The van der Waals surface area contributed by atoms with Crippen LogP contribution in [0.3, 0.4) is 0 Å². The molecule has 0 aliphatic carbocycles. The molecular weight excluding hydrogens is 643 g/mol. The third-order valence-electron chi connectivity index (χ3n) is 8.35. The number of benzene rings is 5. The van der Waals surface area contributed by atoms with E-state index in [1.54, 1.807) is 42.5 Å². The molecule has 1 aromatic heterocycles. The molecule has 8 heteroatoms. The molecule has 5 aromatic carbocycles. The molecular formula is C42H33N3O4S. The van der Waals surface area contributed by atoms with Crippen LogP contribution in [0.1, 0.15) is 32.5 Å². The molecule has 1 aliphatic rings. The number of carbonyl (C=O) groups excluding carboxylic acids is 3. The van der Waals surface area contributed by atoms with Crippen molar-refractivity contribution in [3.8, 4) is 11.3 Å². The number of carbonyl (C=O) groups is 3. The second kappa shape index (κ2) is 15.0. The summed E-state index contributed by atoms with van der Waals surface area (Å²) in [6.07, 6.45) is 2.35. The van der Waals surface area contributed by atoms with Crippen LogP contribution in [0.5, 0.6) is 0 Å². The summed E-state index contributed by atoms with van der Waals surface area (Å²) in [7, 11) is 0. The van der Waals surface area contributed by atoms with E-state index in [0.29, 0.717) is 29.3 Å². The Morgan fingerprint density at radius 2 is 1.38 bits per heavy atom. The Kier molecular flexibility index (Phi) is 9.71. The molecule has 7 rings (SSSR count). The lowest BCUT2D eigenvalue weighted by Crippen LogP contribution is -2.32. The lowest BCUT2D eigenvalue weighted by molar-refractivity contribution is -0.118. The van der Waals surface area contributed by atoms with Crippen molar-refractivity contribution in [2.24, 2.45) is 0 Å². The minimum atomic E-state index is -0.516. The number of amides is 3. The Morgan fingerprint density at radius 3 is 2.12 bits per heavy atom. The van der Waals surface area contributed by atoms with Gasteiger partial charge in [-0.1, -0.05) is 97.1 Å². The number of para-hydroxylation sites is 1. The molecule has 0 bridgehead atoms. The smallest absolute Gasteiger partial charge is 0.272 e. The average molecular weight is 676 g/mol. The van der Waals surface area contributed by atoms with Crippen LogP contribution in [0.15, 0.2) is 167 Å². The number of nitrogens with zero attached hydrogens (tertiary/aromatic N) is 1. The zero-order valence-electron chi connectivity index (χ0n) is 27.0. The van der Waals surface area contributed by atoms with Gasteiger partial charge in [0.25, 0.3) is 11.8 Å². The monoisotopic (exact) mass is 675 g/mol. The first kappa shape index (κ1) is 32.4. The molecule has 50 heavy (non-hydrogen) atoms. The predicted molar refractivity (Wildman–Crippen MR) is 199 cm³/mol. The van der Waals surface area contributed by atoms with Crippen molar-refractivity contribution in [1.82, 2.24) is 5.32 Å². The fourth-order valence-electron chi connectivity index (χ4n) is 5.82. The van der Waals surface area contributed by atoms with E-state index in [1.165, 1.54) is 23.4 Å². The Labute approximate surface area is 294 Å². The van der Waals surface area contributed by atoms with Gasteiger partial charge in [0, 0.05) is 40.0 Å². The molecule has 0 saturated heterocycles. The normalized spacial score (nSPS) is 13.0. The largest absolute Gasteiger partial charge is 0.457 e. The molecule has 0 radical (unpaired) electrons. The van der Waals surface area contributed by atoms with Crippen LogP contribution in [0.4, 0.5) is 11.4 Å². The minimum absolute atomic E-state index is 0.0203. The van der Waals surface area contributed by atoms with Crippen molar-refractivity contribution in [1.29, 1.82) is 0 Å². The van der Waals surface area contributed by atoms with Gasteiger partial charge in [0.2, 0.25) is 5.91 Å². The van der Waals surface area contributed by atoms with Crippen molar-refractivity contribution in [3.63, 3.8) is 0 Å². The summed E-state index contributed by atoms with van der Waals surface area (Å²) in [5.74, 6) is 0.135. The van der Waals surface area contributed by atoms with Gasteiger partial charge in [0.1, 0.15) is 22.5 Å². The van der Waals surface area contributed by atoms with E-state index in [4.69, 9.17) is 4.42 Å². The van der Waals surface area contributed by atoms with E-state index in [2.05, 4.69) is 16.7 Å². The van der Waals surface area contributed by atoms with Gasteiger partial charge in [-0.05, 0) is 72.1 Å². The summed E-state index contributed by atoms with van der Waals surface area (Å²) in [6, 6.07) is 47.1. The van der Waals surface area contributed by atoms with Crippen molar-refractivity contribution in [3.05, 3.63) is 180 Å². The SMILES string of the molecule is O=C(Nc1ccc(S[C@@H](C(=O)N2CCc3ccccc32)c2ccccc2)cc1)/C(=C/c1ccc(-c2ccccc2)o1)NC(=O)c1ccccc1. The van der Waals surface area contributed by atoms with Crippen molar-refractivity contribution in [2.75, 3.05) is 16.8 Å². The van der Waals surface area contributed by atoms with Crippen LogP contribution < -0.4 is 15.5 Å². The maximum atomic E-state index is 14.0. The third kappa shape index (κ3) is 7.46. The van der Waals surface area contributed by atoms with Crippen molar-refractivity contribution in [2.45, 2.75) is 16.6 Å². The zero-order valence-corrected chi connectivity index (χ0v) is 27.8. The van der Waals surface area contributed by atoms with Gasteiger partial charge in [0.05, 0.1) is 0 Å². The van der Waals surface area contributed by atoms with Gasteiger partial charge >= 0.3 is 0 Å². The number of hydrogen-bond acceptors (Lipinski definition) is 5. The summed E-state index contributed by atoms with van der Waals surface area (Å²) < 4.78 is 6.01. The first-order chi connectivity index (χ1) is 24.5. The fraction of sp³-hybridized carbons (Fsp3) is 0.0714. The van der Waals surface area contributed by atoms with Gasteiger partial charge in [-0.25, -0.2) is 0 Å². The van der Waals surface area contributed by atoms with Gasteiger partial charge in [-0.2, -0.15) is 0 Å². The number of hydrogen-bond donors (Lipinski definition) is 2. The number of nitrogens with one attached hydrogen (secondary N) is 2. The lowest BCUT2D eigenvalue weighted by Gasteiger charge is -2.24. The minimum Gasteiger partial charge on any atom is -0.457 e. The fourth-order valence-corrected chi connectivity index (χ4v) is 6.91. The quantitative estimate of drug-likeness (QED) is 0.112. The average Bonchev–Trinajstić information content (AvgIpc) is 3.83. The highest BCUT2D eigenvalue weighted by Gasteiger charge is 2.31. The maximum Gasteiger partial charge on any atom is 0.272 e. The number of anilines is 2. The molecule has 0 spiro atoms. The topological polar surface area (TPSA) is 91.7 Å². The third-order valence-corrected chi connectivity index (χ3v) is 9.60. The molecule has 0 unspecified atom stereocenters. The van der Waals surface area contributed by atoms with Crippen LogP contribution in [-0.4, -0.2) is 24.3 Å². The van der Waals surface area contributed by atoms with E-state index in [1.807, 2.05) is 108 Å². The highest BCUT2D eigenvalue weighted by atomic mass is 32.2. The summed E-state index contributed by atoms with van der Waals surface area (Å²) in [4.78, 5) is 43.5. The predicted octanol–water partition coefficient (Wildman–Crippen LogP) is 8.78. The number of furan rings is 1. The molecule has 1 atom stereocenters. The van der Waals surface area contributed by atoms with Crippen LogP contribution >= 0.6 is 11.8 Å². The van der Waals surface area contributed by atoms with E-state index in [0.717, 1.165) is 28.1 Å². The van der Waals surface area contributed by atoms with Crippen molar-refractivity contribution >= 4 is 46.9 Å². The maximum absolute atomic E-state index is 14.0. The van der Waals surface area contributed by atoms with Gasteiger partial charge in [-0.15, -0.1) is 11.8 Å². The van der Waals surface area contributed by atoms with Crippen LogP contribution in [0.25, 0.3) is 17.4 Å². The molecule has 1 aliphatic heterocycles. The molecule has 2 N–H and O–H groups in total. The first-order valence-electron chi connectivity index (χ1n) is 16.3. The first-order valence-corrected chi connectivity index (χ1v) is 17.2. The Bertz CT molecular complexity index is 2150. The van der Waals surface area contributed by atoms with Crippen LogP contribution in [0, 0.1) is 0 Å². The summed E-state index contributed by atoms with van der Waals surface area (Å²) in [5.41, 5.74) is 4.91. The number of rotatable bonds is 10. The highest BCUT2D eigenvalue weighted by molar-refractivity contribution is 8.00. The Balaban J connectivity index is 1.10. The van der Waals surface area contributed by atoms with Gasteiger partial charge in [-0.3, -0.25) is 14.4 Å². The second-order valence-electron chi connectivity index (χ2n) is 11.7. The Hall–Kier alpha value is -6.12. The second-order valence-corrected chi connectivity index (χ2v) is 12.9. The van der Waals surface area contributed by atoms with Crippen LogP contribution in [-0.2, 0) is 16.0 Å². The summed E-state index contributed by atoms with van der Waals surface area (Å²) in [5, 5.41) is 5.20. The summed E-state index contributed by atoms with van der Waals surface area (Å²) in [6.45, 7) is 0.648.